The third-order valence-corrected chi connectivity index (χ3v) is 3.22. The standard InChI is InChI=1S/C12H20N4O.ClH/c13-11(8-17)2-1-4-16-5-3-12-10(7-16)6-14-9-15-12;/h6,9,11,17H,1-5,7-8,13H2;1H/t11-;/m1./s1. The van der Waals surface area contributed by atoms with E-state index in [2.05, 4.69) is 14.9 Å². The van der Waals surface area contributed by atoms with Crippen molar-refractivity contribution in [2.75, 3.05) is 19.7 Å². The summed E-state index contributed by atoms with van der Waals surface area (Å²) in [7, 11) is 0. The number of nitrogens with two attached hydrogens (primary N) is 1. The number of fused-ring (bicyclic) bond motifs is 1. The van der Waals surface area contributed by atoms with Crippen LogP contribution in [0.1, 0.15) is 24.1 Å². The van der Waals surface area contributed by atoms with Crippen molar-refractivity contribution in [2.45, 2.75) is 31.8 Å². The van der Waals surface area contributed by atoms with Gasteiger partial charge in [0.05, 0.1) is 6.61 Å². The fourth-order valence-corrected chi connectivity index (χ4v) is 2.18. The van der Waals surface area contributed by atoms with Gasteiger partial charge in [0.2, 0.25) is 0 Å². The van der Waals surface area contributed by atoms with Gasteiger partial charge in [-0.3, -0.25) is 4.90 Å². The van der Waals surface area contributed by atoms with E-state index in [1.165, 1.54) is 11.3 Å². The van der Waals surface area contributed by atoms with Crippen molar-refractivity contribution in [1.29, 1.82) is 0 Å². The molecule has 0 spiro atoms. The quantitative estimate of drug-likeness (QED) is 0.809. The summed E-state index contributed by atoms with van der Waals surface area (Å²) < 4.78 is 0. The average molecular weight is 273 g/mol. The normalized spacial score (nSPS) is 16.8. The molecule has 1 atom stereocenters. The van der Waals surface area contributed by atoms with E-state index in [1.807, 2.05) is 6.20 Å². The Morgan fingerprint density at radius 3 is 3.11 bits per heavy atom. The van der Waals surface area contributed by atoms with E-state index in [0.717, 1.165) is 38.9 Å². The maximum atomic E-state index is 8.85. The molecular formula is C12H21ClN4O. The van der Waals surface area contributed by atoms with E-state index in [1.54, 1.807) is 6.33 Å². The predicted octanol–water partition coefficient (Wildman–Crippen LogP) is 0.356. The summed E-state index contributed by atoms with van der Waals surface area (Å²) in [6, 6.07) is -0.0737. The zero-order valence-corrected chi connectivity index (χ0v) is 11.3. The monoisotopic (exact) mass is 272 g/mol. The number of nitrogens with zero attached hydrogens (tertiary/aromatic N) is 3. The minimum absolute atomic E-state index is 0. The molecule has 0 bridgehead atoms. The Labute approximate surface area is 114 Å². The van der Waals surface area contributed by atoms with Crippen LogP contribution in [0.25, 0.3) is 0 Å². The molecule has 0 fully saturated rings. The minimum atomic E-state index is -0.0737. The van der Waals surface area contributed by atoms with Crippen molar-refractivity contribution in [3.8, 4) is 0 Å². The van der Waals surface area contributed by atoms with Crippen molar-refractivity contribution in [2.24, 2.45) is 5.73 Å². The van der Waals surface area contributed by atoms with Crippen molar-refractivity contribution < 1.29 is 5.11 Å². The van der Waals surface area contributed by atoms with Crippen LogP contribution in [0.3, 0.4) is 0 Å². The molecule has 5 nitrogen and oxygen atoms in total. The van der Waals surface area contributed by atoms with E-state index in [-0.39, 0.29) is 25.1 Å². The largest absolute Gasteiger partial charge is 0.395 e. The highest BCUT2D eigenvalue weighted by atomic mass is 35.5. The van der Waals surface area contributed by atoms with Gasteiger partial charge in [-0.25, -0.2) is 9.97 Å². The summed E-state index contributed by atoms with van der Waals surface area (Å²) >= 11 is 0. The van der Waals surface area contributed by atoms with Gasteiger partial charge in [0.1, 0.15) is 6.33 Å². The third kappa shape index (κ3) is 4.17. The molecule has 102 valence electrons. The first-order chi connectivity index (χ1) is 8.29. The first-order valence-corrected chi connectivity index (χ1v) is 6.16. The summed E-state index contributed by atoms with van der Waals surface area (Å²) in [4.78, 5) is 10.7. The smallest absolute Gasteiger partial charge is 0.115 e. The number of hydrogen-bond donors (Lipinski definition) is 2. The summed E-state index contributed by atoms with van der Waals surface area (Å²) in [6.45, 7) is 3.10. The molecule has 0 aromatic carbocycles. The Morgan fingerprint density at radius 2 is 2.33 bits per heavy atom. The maximum absolute atomic E-state index is 8.85. The van der Waals surface area contributed by atoms with Crippen molar-refractivity contribution >= 4 is 12.4 Å². The Balaban J connectivity index is 0.00000162. The molecule has 0 amide bonds. The van der Waals surface area contributed by atoms with Crippen molar-refractivity contribution in [1.82, 2.24) is 14.9 Å². The molecule has 0 saturated carbocycles. The second kappa shape index (κ2) is 7.63. The van der Waals surface area contributed by atoms with Crippen LogP contribution in [0.15, 0.2) is 12.5 Å². The third-order valence-electron chi connectivity index (χ3n) is 3.22. The molecule has 1 aromatic rings. The molecule has 1 aromatic heterocycles. The lowest BCUT2D eigenvalue weighted by Gasteiger charge is -2.27. The topological polar surface area (TPSA) is 75.3 Å². The fraction of sp³-hybridized carbons (Fsp3) is 0.667. The zero-order valence-electron chi connectivity index (χ0n) is 10.5. The Bertz CT molecular complexity index is 364. The van der Waals surface area contributed by atoms with Gasteiger partial charge in [-0.2, -0.15) is 0 Å². The van der Waals surface area contributed by atoms with Crippen LogP contribution in [0, 0.1) is 0 Å². The van der Waals surface area contributed by atoms with E-state index < -0.39 is 0 Å². The van der Waals surface area contributed by atoms with Crippen LogP contribution in [-0.4, -0.2) is 45.7 Å². The molecule has 0 aliphatic carbocycles. The second-order valence-electron chi connectivity index (χ2n) is 4.61. The van der Waals surface area contributed by atoms with Gasteiger partial charge >= 0.3 is 0 Å². The second-order valence-corrected chi connectivity index (χ2v) is 4.61. The number of hydrogen-bond acceptors (Lipinski definition) is 5. The number of rotatable bonds is 5. The Kier molecular flexibility index (Phi) is 6.49. The summed E-state index contributed by atoms with van der Waals surface area (Å²) in [6.07, 6.45) is 6.45. The van der Waals surface area contributed by atoms with Crippen LogP contribution < -0.4 is 5.73 Å². The Morgan fingerprint density at radius 1 is 1.50 bits per heavy atom. The lowest BCUT2D eigenvalue weighted by Crippen LogP contribution is -2.33. The zero-order chi connectivity index (χ0) is 12.1. The average Bonchev–Trinajstić information content (AvgIpc) is 2.38. The molecular weight excluding hydrogens is 252 g/mol. The predicted molar refractivity (Wildman–Crippen MR) is 72.6 cm³/mol. The van der Waals surface area contributed by atoms with Gasteiger partial charge in [0, 0.05) is 43.0 Å². The molecule has 0 radical (unpaired) electrons. The number of aromatic nitrogens is 2. The molecule has 6 heteroatoms. The minimum Gasteiger partial charge on any atom is -0.395 e. The van der Waals surface area contributed by atoms with Crippen molar-refractivity contribution in [3.05, 3.63) is 23.8 Å². The Hall–Kier alpha value is -0.750. The lowest BCUT2D eigenvalue weighted by molar-refractivity contribution is 0.226. The summed E-state index contributed by atoms with van der Waals surface area (Å²) in [5.74, 6) is 0. The molecule has 0 saturated heterocycles. The molecule has 18 heavy (non-hydrogen) atoms. The number of halogens is 1. The van der Waals surface area contributed by atoms with Gasteiger partial charge < -0.3 is 10.8 Å². The first-order valence-electron chi connectivity index (χ1n) is 6.16. The van der Waals surface area contributed by atoms with Gasteiger partial charge in [-0.1, -0.05) is 0 Å². The summed E-state index contributed by atoms with van der Waals surface area (Å²) in [5.41, 5.74) is 8.10. The van der Waals surface area contributed by atoms with E-state index >= 15 is 0 Å². The first kappa shape index (κ1) is 15.3. The van der Waals surface area contributed by atoms with Gasteiger partial charge in [0.25, 0.3) is 0 Å². The maximum Gasteiger partial charge on any atom is 0.115 e. The van der Waals surface area contributed by atoms with E-state index in [9.17, 15) is 0 Å². The molecule has 1 aliphatic rings. The molecule has 2 rings (SSSR count). The van der Waals surface area contributed by atoms with E-state index in [4.69, 9.17) is 10.8 Å². The van der Waals surface area contributed by atoms with Crippen molar-refractivity contribution in [3.63, 3.8) is 0 Å². The number of aliphatic hydroxyl groups excluding tert-OH is 1. The molecule has 0 unspecified atom stereocenters. The van der Waals surface area contributed by atoms with Crippen LogP contribution >= 0.6 is 12.4 Å². The number of aliphatic hydroxyl groups is 1. The molecule has 1 aliphatic heterocycles. The van der Waals surface area contributed by atoms with Crippen LogP contribution in [-0.2, 0) is 13.0 Å². The van der Waals surface area contributed by atoms with Crippen LogP contribution in [0.4, 0.5) is 0 Å². The van der Waals surface area contributed by atoms with Crippen LogP contribution in [0.5, 0.6) is 0 Å². The SMILES string of the molecule is Cl.N[C@@H](CO)CCCN1CCc2ncncc2C1. The van der Waals surface area contributed by atoms with Crippen LogP contribution in [0.2, 0.25) is 0 Å². The highest BCUT2D eigenvalue weighted by Crippen LogP contribution is 2.15. The lowest BCUT2D eigenvalue weighted by atomic mass is 10.1. The molecule has 3 N–H and O–H groups in total. The molecule has 2 heterocycles. The summed E-state index contributed by atoms with van der Waals surface area (Å²) in [5, 5.41) is 8.85. The highest BCUT2D eigenvalue weighted by Gasteiger charge is 2.16. The van der Waals surface area contributed by atoms with Gasteiger partial charge in [-0.05, 0) is 19.4 Å². The highest BCUT2D eigenvalue weighted by molar-refractivity contribution is 5.85. The van der Waals surface area contributed by atoms with E-state index in [0.29, 0.717) is 0 Å². The van der Waals surface area contributed by atoms with Gasteiger partial charge in [0.15, 0.2) is 0 Å². The fourth-order valence-electron chi connectivity index (χ4n) is 2.18. The van der Waals surface area contributed by atoms with Gasteiger partial charge in [-0.15, -0.1) is 12.4 Å².